The second-order valence-corrected chi connectivity index (χ2v) is 17.0. The Balaban J connectivity index is 1.70. The molecule has 4 unspecified atom stereocenters. The number of benzene rings is 4. The summed E-state index contributed by atoms with van der Waals surface area (Å²) < 4.78 is 73.0. The van der Waals surface area contributed by atoms with Crippen molar-refractivity contribution in [2.24, 2.45) is 21.9 Å². The SMILES string of the molecule is CCc1cc(-c2cc(CC)c(C3(S(=O)(=O)O)c4ccccc4C(=N)C(=NN)C3O)c(CC)c2)cc(CC)c1C1(S(=O)(=O)O)c2ccccc2C(=N)C(=NN)C1O. The van der Waals surface area contributed by atoms with E-state index in [0.29, 0.717) is 33.4 Å². The van der Waals surface area contributed by atoms with Crippen LogP contribution in [-0.2, 0) is 55.4 Å². The largest absolute Gasteiger partial charge is 0.384 e. The number of hydrogen-bond acceptors (Lipinski definition) is 12. The van der Waals surface area contributed by atoms with Gasteiger partial charge in [0.25, 0.3) is 20.2 Å². The lowest BCUT2D eigenvalue weighted by atomic mass is 9.70. The van der Waals surface area contributed by atoms with Crippen molar-refractivity contribution >= 4 is 43.1 Å². The summed E-state index contributed by atoms with van der Waals surface area (Å²) >= 11 is 0. The molecule has 0 aliphatic heterocycles. The van der Waals surface area contributed by atoms with Crippen LogP contribution in [0.15, 0.2) is 83.0 Å². The van der Waals surface area contributed by atoms with Crippen LogP contribution in [0.1, 0.15) is 83.3 Å². The number of hydrazone groups is 2. The molecule has 0 bridgehead atoms. The molecule has 0 radical (unpaired) electrons. The smallest absolute Gasteiger partial charge is 0.282 e. The average Bonchev–Trinajstić information content (AvgIpc) is 3.17. The van der Waals surface area contributed by atoms with Gasteiger partial charge in [-0.15, -0.1) is 0 Å². The van der Waals surface area contributed by atoms with E-state index in [4.69, 9.17) is 22.5 Å². The first-order chi connectivity index (χ1) is 26.5. The minimum absolute atomic E-state index is 0.00857. The first kappa shape index (κ1) is 40.6. The summed E-state index contributed by atoms with van der Waals surface area (Å²) in [6, 6.07) is 19.2. The Morgan fingerprint density at radius 3 is 1.12 bits per heavy atom. The minimum Gasteiger partial charge on any atom is -0.384 e. The van der Waals surface area contributed by atoms with Crippen LogP contribution in [0.3, 0.4) is 0 Å². The highest BCUT2D eigenvalue weighted by molar-refractivity contribution is 7.87. The number of aryl methyl sites for hydroxylation is 4. The van der Waals surface area contributed by atoms with Gasteiger partial charge in [0.05, 0.1) is 11.4 Å². The van der Waals surface area contributed by atoms with Gasteiger partial charge in [0.1, 0.15) is 23.6 Å². The van der Waals surface area contributed by atoms with E-state index >= 15 is 0 Å². The third kappa shape index (κ3) is 5.49. The number of fused-ring (bicyclic) bond motifs is 2. The molecule has 16 heteroatoms. The molecule has 0 aromatic heterocycles. The molecule has 2 aliphatic rings. The van der Waals surface area contributed by atoms with Gasteiger partial charge in [-0.1, -0.05) is 100 Å². The van der Waals surface area contributed by atoms with Gasteiger partial charge in [-0.25, -0.2) is 0 Å². The maximum absolute atomic E-state index is 13.9. The van der Waals surface area contributed by atoms with E-state index in [2.05, 4.69) is 10.2 Å². The van der Waals surface area contributed by atoms with E-state index in [1.54, 1.807) is 76.2 Å². The fourth-order valence-corrected chi connectivity index (χ4v) is 11.6. The van der Waals surface area contributed by atoms with Crippen molar-refractivity contribution in [3.8, 4) is 11.1 Å². The average molecular weight is 801 g/mol. The quantitative estimate of drug-likeness (QED) is 0.0685. The van der Waals surface area contributed by atoms with Gasteiger partial charge in [-0.2, -0.15) is 27.0 Å². The number of aliphatic hydroxyl groups excluding tert-OH is 2. The molecule has 294 valence electrons. The summed E-state index contributed by atoms with van der Waals surface area (Å²) in [5.74, 6) is 11.3. The van der Waals surface area contributed by atoms with Gasteiger partial charge in [-0.05, 0) is 81.3 Å². The monoisotopic (exact) mass is 800 g/mol. The van der Waals surface area contributed by atoms with Gasteiger partial charge in [-0.3, -0.25) is 19.9 Å². The summed E-state index contributed by atoms with van der Waals surface area (Å²) in [6.07, 6.45) is -3.19. The maximum atomic E-state index is 13.9. The molecule has 10 N–H and O–H groups in total. The van der Waals surface area contributed by atoms with Gasteiger partial charge in [0.2, 0.25) is 0 Å². The van der Waals surface area contributed by atoms with E-state index in [1.807, 2.05) is 0 Å². The molecule has 4 atom stereocenters. The normalized spacial score (nSPS) is 24.0. The van der Waals surface area contributed by atoms with Gasteiger partial charge < -0.3 is 21.9 Å². The molecule has 2 aliphatic carbocycles. The topological polar surface area (TPSA) is 274 Å². The molecule has 0 amide bonds. The zero-order valence-corrected chi connectivity index (χ0v) is 32.8. The van der Waals surface area contributed by atoms with E-state index in [0.717, 1.165) is 0 Å². The summed E-state index contributed by atoms with van der Waals surface area (Å²) in [7, 11) is -10.5. The second-order valence-electron chi connectivity index (χ2n) is 13.8. The molecule has 0 saturated heterocycles. The third-order valence-corrected chi connectivity index (χ3v) is 14.2. The molecule has 0 saturated carbocycles. The van der Waals surface area contributed by atoms with Crippen molar-refractivity contribution in [1.82, 2.24) is 0 Å². The first-order valence-corrected chi connectivity index (χ1v) is 20.9. The fraction of sp³-hybridized carbons (Fsp3) is 0.300. The molecule has 0 spiro atoms. The summed E-state index contributed by atoms with van der Waals surface area (Å²) in [4.78, 5) is 0. The molecular formula is C40H44N6O8S2. The summed E-state index contributed by atoms with van der Waals surface area (Å²) in [6.45, 7) is 7.19. The highest BCUT2D eigenvalue weighted by Crippen LogP contribution is 2.51. The van der Waals surface area contributed by atoms with E-state index < -0.39 is 53.4 Å². The molecule has 6 rings (SSSR count). The van der Waals surface area contributed by atoms with Crippen molar-refractivity contribution < 1.29 is 36.2 Å². The Labute approximate surface area is 325 Å². The zero-order chi connectivity index (χ0) is 41.1. The Kier molecular flexibility index (Phi) is 10.5. The fourth-order valence-electron chi connectivity index (χ4n) is 8.85. The molecule has 4 aromatic rings. The van der Waals surface area contributed by atoms with Crippen LogP contribution < -0.4 is 11.7 Å². The maximum Gasteiger partial charge on any atom is 0.282 e. The third-order valence-electron chi connectivity index (χ3n) is 11.3. The minimum atomic E-state index is -5.23. The van der Waals surface area contributed by atoms with Crippen molar-refractivity contribution in [3.63, 3.8) is 0 Å². The number of rotatable bonds is 9. The highest BCUT2D eigenvalue weighted by atomic mass is 32.2. The van der Waals surface area contributed by atoms with Crippen molar-refractivity contribution in [2.75, 3.05) is 0 Å². The van der Waals surface area contributed by atoms with Gasteiger partial charge in [0, 0.05) is 11.1 Å². The first-order valence-electron chi connectivity index (χ1n) is 18.0. The van der Waals surface area contributed by atoms with E-state index in [9.17, 15) is 36.2 Å². The summed E-state index contributed by atoms with van der Waals surface area (Å²) in [5.41, 5.74) is 2.07. The molecular weight excluding hydrogens is 757 g/mol. The van der Waals surface area contributed by atoms with Crippen LogP contribution in [0.25, 0.3) is 11.1 Å². The van der Waals surface area contributed by atoms with Crippen LogP contribution >= 0.6 is 0 Å². The van der Waals surface area contributed by atoms with E-state index in [-0.39, 0.29) is 70.5 Å². The predicted molar refractivity (Wildman–Crippen MR) is 216 cm³/mol. The van der Waals surface area contributed by atoms with Crippen LogP contribution in [0.4, 0.5) is 0 Å². The van der Waals surface area contributed by atoms with Crippen molar-refractivity contribution in [1.29, 1.82) is 10.8 Å². The Morgan fingerprint density at radius 1 is 0.589 bits per heavy atom. The summed E-state index contributed by atoms with van der Waals surface area (Å²) in [5, 5.41) is 48.5. The predicted octanol–water partition coefficient (Wildman–Crippen LogP) is 3.98. The molecule has 0 fully saturated rings. The second kappa shape index (κ2) is 14.4. The van der Waals surface area contributed by atoms with Crippen molar-refractivity contribution in [3.05, 3.63) is 128 Å². The number of nitrogens with two attached hydrogens (primary N) is 2. The van der Waals surface area contributed by atoms with Crippen LogP contribution in [0, 0.1) is 10.8 Å². The van der Waals surface area contributed by atoms with Crippen LogP contribution in [0.2, 0.25) is 0 Å². The molecule has 0 heterocycles. The zero-order valence-electron chi connectivity index (χ0n) is 31.2. The lowest BCUT2D eigenvalue weighted by Gasteiger charge is -2.43. The Morgan fingerprint density at radius 2 is 0.875 bits per heavy atom. The highest BCUT2D eigenvalue weighted by Gasteiger charge is 2.62. The van der Waals surface area contributed by atoms with E-state index in [1.165, 1.54) is 24.3 Å². The van der Waals surface area contributed by atoms with Gasteiger partial charge >= 0.3 is 0 Å². The number of hydrogen-bond donors (Lipinski definition) is 8. The standard InChI is InChI=1S/C40H44N6O8S2/c1-5-21-17-25(18-22(6-2)31(21)39(55(49,50)51)29-15-11-9-13-27(29)33(41)35(45-43)37(39)47)26-19-23(7-3)32(24(8-4)20-26)40(56(52,53)54)30-16-12-10-14-28(30)34(42)36(46-44)38(40)48/h9-20,37-38,41-42,47-48H,5-8,43-44H2,1-4H3,(H,49,50,51)(H,52,53,54). The molecule has 56 heavy (non-hydrogen) atoms. The van der Waals surface area contributed by atoms with Gasteiger partial charge in [0.15, 0.2) is 9.49 Å². The lowest BCUT2D eigenvalue weighted by molar-refractivity contribution is 0.195. The Hall–Kier alpha value is -5.10. The van der Waals surface area contributed by atoms with Crippen LogP contribution in [0.5, 0.6) is 0 Å². The number of nitrogens with zero attached hydrogens (tertiary/aromatic N) is 2. The molecule has 4 aromatic carbocycles. The molecule has 14 nitrogen and oxygen atoms in total. The van der Waals surface area contributed by atoms with Crippen molar-refractivity contribution in [2.45, 2.75) is 75.1 Å². The number of nitrogens with one attached hydrogen (secondary N) is 2. The number of aliphatic hydroxyl groups is 2. The lowest BCUT2D eigenvalue weighted by Crippen LogP contribution is -2.57. The Bertz CT molecular complexity index is 2380. The van der Waals surface area contributed by atoms with Crippen LogP contribution in [-0.4, -0.2) is 71.2 Å².